The van der Waals surface area contributed by atoms with Gasteiger partial charge >= 0.3 is 29.9 Å². The van der Waals surface area contributed by atoms with Crippen LogP contribution in [-0.4, -0.2) is 72.2 Å². The van der Waals surface area contributed by atoms with E-state index in [9.17, 15) is 44.3 Å². The summed E-state index contributed by atoms with van der Waals surface area (Å²) in [4.78, 5) is 23.9. The zero-order valence-corrected chi connectivity index (χ0v) is 18.7. The van der Waals surface area contributed by atoms with Gasteiger partial charge in [-0.15, -0.1) is 0 Å². The summed E-state index contributed by atoms with van der Waals surface area (Å²) in [6.07, 6.45) is -15.3. The van der Waals surface area contributed by atoms with Gasteiger partial charge in [-0.2, -0.15) is 34.8 Å². The summed E-state index contributed by atoms with van der Waals surface area (Å²) in [5.41, 5.74) is -4.17. The largest absolute Gasteiger partial charge is 0.438 e. The summed E-state index contributed by atoms with van der Waals surface area (Å²) in [7, 11) is 10.9. The third-order valence-electron chi connectivity index (χ3n) is 4.55. The molecule has 35 heavy (non-hydrogen) atoms. The van der Waals surface area contributed by atoms with E-state index in [-0.39, 0.29) is 24.7 Å². The van der Waals surface area contributed by atoms with Crippen LogP contribution in [0, 0.1) is 0 Å². The van der Waals surface area contributed by atoms with Crippen molar-refractivity contribution < 1.29 is 58.4 Å². The Balaban J connectivity index is 2.95. The molecule has 0 saturated carbocycles. The second-order valence-corrected chi connectivity index (χ2v) is 8.66. The molecule has 188 valence electrons. The van der Waals surface area contributed by atoms with Crippen molar-refractivity contribution in [2.75, 3.05) is 5.75 Å². The quantitative estimate of drug-likeness (QED) is 0.156. The number of rotatable bonds is 11. The van der Waals surface area contributed by atoms with Crippen molar-refractivity contribution in [3.8, 4) is 5.75 Å². The van der Waals surface area contributed by atoms with Crippen molar-refractivity contribution in [2.24, 2.45) is 0 Å². The highest BCUT2D eigenvalue weighted by Crippen LogP contribution is 2.47. The first kappa shape index (κ1) is 30.9. The number of benzene rings is 1. The highest BCUT2D eigenvalue weighted by molar-refractivity contribution is 7.85. The third-order valence-corrected chi connectivity index (χ3v) is 5.32. The lowest BCUT2D eigenvalue weighted by Gasteiger charge is -2.35. The number of carbonyl (C=O) groups excluding carboxylic acids is 2. The smallest absolute Gasteiger partial charge is 0.438 e. The predicted molar refractivity (Wildman–Crippen MR) is 112 cm³/mol. The van der Waals surface area contributed by atoms with Crippen molar-refractivity contribution in [1.29, 1.82) is 0 Å². The lowest BCUT2D eigenvalue weighted by atomic mass is 9.85. The predicted octanol–water partition coefficient (Wildman–Crippen LogP) is 2.06. The Morgan fingerprint density at radius 1 is 0.857 bits per heavy atom. The number of hydrogen-bond acceptors (Lipinski definition) is 6. The average molecular weight is 524 g/mol. The van der Waals surface area contributed by atoms with Gasteiger partial charge in [0, 0.05) is 12.8 Å². The Kier molecular flexibility index (Phi) is 10.3. The molecule has 0 aliphatic heterocycles. The van der Waals surface area contributed by atoms with Gasteiger partial charge in [-0.25, -0.2) is 0 Å². The Morgan fingerprint density at radius 3 is 1.69 bits per heavy atom. The highest BCUT2D eigenvalue weighted by Gasteiger charge is 2.75. The molecule has 17 heteroatoms. The van der Waals surface area contributed by atoms with Crippen molar-refractivity contribution >= 4 is 45.6 Å². The molecule has 6 radical (unpaired) electrons. The zero-order chi connectivity index (χ0) is 27.2. The zero-order valence-electron chi connectivity index (χ0n) is 17.9. The van der Waals surface area contributed by atoms with Crippen LogP contribution in [0.15, 0.2) is 12.1 Å². The number of hydrogen-bond donors (Lipinski definition) is 1. The molecule has 0 heterocycles. The van der Waals surface area contributed by atoms with Gasteiger partial charge in [0.25, 0.3) is 10.1 Å². The summed E-state index contributed by atoms with van der Waals surface area (Å²) >= 11 is 0. The number of alkyl halides is 6. The highest BCUT2D eigenvalue weighted by atomic mass is 32.2. The van der Waals surface area contributed by atoms with Crippen LogP contribution in [0.5, 0.6) is 5.75 Å². The van der Waals surface area contributed by atoms with Gasteiger partial charge in [0.2, 0.25) is 0 Å². The molecular formula is C18H17B3F6O7S. The summed E-state index contributed by atoms with van der Waals surface area (Å²) in [5.74, 6) is -6.13. The Morgan fingerprint density at radius 2 is 1.31 bits per heavy atom. The third kappa shape index (κ3) is 8.19. The lowest BCUT2D eigenvalue weighted by molar-refractivity contribution is -0.361. The first-order valence-corrected chi connectivity index (χ1v) is 11.3. The van der Waals surface area contributed by atoms with E-state index >= 15 is 0 Å². The molecule has 1 rings (SSSR count). The SMILES string of the molecule is [B]Cc1cc(C[B])c(OC(=O)CCCC(=O)OC(CS(=O)(=O)O)(C(F)(F)F)C(F)(F)F)c(C[B])c1. The lowest BCUT2D eigenvalue weighted by Crippen LogP contribution is -2.63. The molecule has 0 aliphatic carbocycles. The van der Waals surface area contributed by atoms with Gasteiger partial charge in [0.1, 0.15) is 11.5 Å². The van der Waals surface area contributed by atoms with Gasteiger partial charge in [-0.1, -0.05) is 36.7 Å². The average Bonchev–Trinajstić information content (AvgIpc) is 2.70. The maximum atomic E-state index is 13.2. The van der Waals surface area contributed by atoms with Gasteiger partial charge in [0.05, 0.1) is 23.5 Å². The molecule has 0 fully saturated rings. The van der Waals surface area contributed by atoms with Crippen molar-refractivity contribution in [3.63, 3.8) is 0 Å². The number of halogens is 6. The van der Waals surface area contributed by atoms with E-state index in [1.165, 1.54) is 0 Å². The van der Waals surface area contributed by atoms with Crippen LogP contribution in [0.4, 0.5) is 26.3 Å². The molecule has 0 aliphatic rings. The van der Waals surface area contributed by atoms with Crippen LogP contribution in [0.2, 0.25) is 0 Å². The number of carbonyl (C=O) groups is 2. The van der Waals surface area contributed by atoms with E-state index in [2.05, 4.69) is 4.74 Å². The Labute approximate surface area is 200 Å². The van der Waals surface area contributed by atoms with Gasteiger partial charge in [-0.3, -0.25) is 14.1 Å². The summed E-state index contributed by atoms with van der Waals surface area (Å²) < 4.78 is 118. The fourth-order valence-electron chi connectivity index (χ4n) is 2.89. The maximum Gasteiger partial charge on any atom is 0.438 e. The molecule has 0 aromatic heterocycles. The van der Waals surface area contributed by atoms with Crippen molar-refractivity contribution in [1.82, 2.24) is 0 Å². The van der Waals surface area contributed by atoms with E-state index < -0.39 is 65.0 Å². The molecule has 0 saturated heterocycles. The minimum absolute atomic E-state index is 0.00101. The van der Waals surface area contributed by atoms with Crippen LogP contribution in [0.1, 0.15) is 36.0 Å². The summed E-state index contributed by atoms with van der Waals surface area (Å²) in [6, 6.07) is 3.09. The van der Waals surface area contributed by atoms with E-state index in [1.807, 2.05) is 0 Å². The second-order valence-electron chi connectivity index (χ2n) is 7.21. The van der Waals surface area contributed by atoms with Gasteiger partial charge in [-0.05, 0) is 17.5 Å². The molecule has 0 atom stereocenters. The van der Waals surface area contributed by atoms with Crippen LogP contribution in [-0.2, 0) is 43.4 Å². The van der Waals surface area contributed by atoms with E-state index in [1.54, 1.807) is 12.1 Å². The van der Waals surface area contributed by atoms with Crippen LogP contribution in [0.25, 0.3) is 0 Å². The molecular weight excluding hydrogens is 507 g/mol. The first-order chi connectivity index (χ1) is 15.9. The van der Waals surface area contributed by atoms with Crippen molar-refractivity contribution in [3.05, 3.63) is 28.8 Å². The molecule has 0 bridgehead atoms. The van der Waals surface area contributed by atoms with E-state index in [4.69, 9.17) is 32.8 Å². The molecule has 1 aromatic rings. The molecule has 0 spiro atoms. The topological polar surface area (TPSA) is 107 Å². The fourth-order valence-corrected chi connectivity index (χ4v) is 3.79. The first-order valence-electron chi connectivity index (χ1n) is 9.66. The summed E-state index contributed by atoms with van der Waals surface area (Å²) in [5, 5.41) is 0. The van der Waals surface area contributed by atoms with Crippen LogP contribution in [0.3, 0.4) is 0 Å². The molecule has 1 N–H and O–H groups in total. The van der Waals surface area contributed by atoms with Crippen LogP contribution < -0.4 is 4.74 Å². The van der Waals surface area contributed by atoms with Gasteiger partial charge in [0.15, 0.2) is 0 Å². The van der Waals surface area contributed by atoms with Crippen LogP contribution >= 0.6 is 0 Å². The standard InChI is InChI=1S/C18H17B3F6O7S/c19-6-10-4-11(7-20)15(12(5-10)8-21)33-13(28)2-1-3-14(29)34-16(17(22,23)24,18(25,26)27)9-35(30,31)32/h4-5H,1-3,6-9H2,(H,30,31,32). The van der Waals surface area contributed by atoms with Crippen molar-refractivity contribution in [2.45, 2.75) is 56.2 Å². The fraction of sp³-hybridized carbons (Fsp3) is 0.556. The maximum absolute atomic E-state index is 13.2. The Bertz CT molecular complexity index is 989. The summed E-state index contributed by atoms with van der Waals surface area (Å²) in [6.45, 7) is 0. The second kappa shape index (κ2) is 11.7. The number of ether oxygens (including phenoxy) is 2. The normalized spacial score (nSPS) is 12.9. The molecule has 7 nitrogen and oxygen atoms in total. The minimum Gasteiger partial charge on any atom is -0.438 e. The van der Waals surface area contributed by atoms with E-state index in [0.29, 0.717) is 16.7 Å². The minimum atomic E-state index is -6.44. The molecule has 0 amide bonds. The molecule has 0 unspecified atom stereocenters. The number of esters is 2. The van der Waals surface area contributed by atoms with E-state index in [0.717, 1.165) is 0 Å². The monoisotopic (exact) mass is 524 g/mol. The molecule has 1 aromatic carbocycles. The van der Waals surface area contributed by atoms with Gasteiger partial charge < -0.3 is 9.47 Å². The Hall–Kier alpha value is -2.16.